The highest BCUT2D eigenvalue weighted by Gasteiger charge is 2.54. The molecule has 0 unspecified atom stereocenters. The van der Waals surface area contributed by atoms with Gasteiger partial charge >= 0.3 is 11.9 Å². The molecule has 0 amide bonds. The van der Waals surface area contributed by atoms with Gasteiger partial charge in [-0.25, -0.2) is 0 Å². The minimum absolute atomic E-state index is 0.0479. The van der Waals surface area contributed by atoms with Gasteiger partial charge in [0.05, 0.1) is 13.2 Å². The summed E-state index contributed by atoms with van der Waals surface area (Å²) in [6.45, 7) is 8.23. The molecule has 0 atom stereocenters. The van der Waals surface area contributed by atoms with Crippen molar-refractivity contribution in [3.63, 3.8) is 0 Å². The second-order valence-corrected chi connectivity index (χ2v) is 6.35. The van der Waals surface area contributed by atoms with E-state index in [2.05, 4.69) is 0 Å². The van der Waals surface area contributed by atoms with Gasteiger partial charge in [0.1, 0.15) is 0 Å². The number of rotatable bonds is 7. The summed E-state index contributed by atoms with van der Waals surface area (Å²) in [6, 6.07) is 0. The smallest absolute Gasteiger partial charge is 0.323 e. The standard InChI is InChI=1S/C17H30O4/c1-5-20-15(18)17(12-13(3)4,16(19)21-6-2)14-10-8-7-9-11-14/h13-14H,5-12H2,1-4H3. The number of carbonyl (C=O) groups is 2. The number of esters is 2. The summed E-state index contributed by atoms with van der Waals surface area (Å²) in [7, 11) is 0. The molecule has 0 radical (unpaired) electrons. The summed E-state index contributed by atoms with van der Waals surface area (Å²) in [5, 5.41) is 0. The Morgan fingerprint density at radius 2 is 1.48 bits per heavy atom. The van der Waals surface area contributed by atoms with Crippen LogP contribution in [0, 0.1) is 17.3 Å². The Kier molecular flexibility index (Phi) is 7.20. The van der Waals surface area contributed by atoms with E-state index in [0.717, 1.165) is 25.7 Å². The van der Waals surface area contributed by atoms with E-state index in [1.807, 2.05) is 13.8 Å². The lowest BCUT2D eigenvalue weighted by Gasteiger charge is -2.39. The van der Waals surface area contributed by atoms with Crippen molar-refractivity contribution in [1.29, 1.82) is 0 Å². The zero-order chi connectivity index (χ0) is 15.9. The molecular weight excluding hydrogens is 268 g/mol. The summed E-state index contributed by atoms with van der Waals surface area (Å²) in [5.41, 5.74) is -1.11. The Morgan fingerprint density at radius 1 is 1.00 bits per heavy atom. The normalized spacial score (nSPS) is 16.8. The third kappa shape index (κ3) is 4.21. The van der Waals surface area contributed by atoms with Crippen LogP contribution in [0.2, 0.25) is 0 Å². The Morgan fingerprint density at radius 3 is 1.86 bits per heavy atom. The van der Waals surface area contributed by atoms with E-state index in [1.165, 1.54) is 6.42 Å². The molecule has 0 bridgehead atoms. The van der Waals surface area contributed by atoms with Crippen LogP contribution in [0.5, 0.6) is 0 Å². The summed E-state index contributed by atoms with van der Waals surface area (Å²) >= 11 is 0. The Hall–Kier alpha value is -1.06. The lowest BCUT2D eigenvalue weighted by atomic mass is 9.65. The number of carbonyl (C=O) groups excluding carboxylic acids is 2. The second kappa shape index (κ2) is 8.40. The van der Waals surface area contributed by atoms with Crippen LogP contribution in [0.4, 0.5) is 0 Å². The number of hydrogen-bond donors (Lipinski definition) is 0. The molecule has 4 nitrogen and oxygen atoms in total. The molecule has 1 saturated carbocycles. The van der Waals surface area contributed by atoms with Crippen LogP contribution in [0.1, 0.15) is 66.2 Å². The highest BCUT2D eigenvalue weighted by atomic mass is 16.6. The van der Waals surface area contributed by atoms with Gasteiger partial charge in [-0.3, -0.25) is 9.59 Å². The Balaban J connectivity index is 3.17. The molecule has 1 aliphatic rings. The molecule has 0 spiro atoms. The number of hydrogen-bond acceptors (Lipinski definition) is 4. The van der Waals surface area contributed by atoms with Crippen molar-refractivity contribution in [3.05, 3.63) is 0 Å². The van der Waals surface area contributed by atoms with Crippen LogP contribution < -0.4 is 0 Å². The molecular formula is C17H30O4. The topological polar surface area (TPSA) is 52.6 Å². The maximum Gasteiger partial charge on any atom is 0.323 e. The molecule has 21 heavy (non-hydrogen) atoms. The first kappa shape index (κ1) is 18.0. The number of ether oxygens (including phenoxy) is 2. The average molecular weight is 298 g/mol. The van der Waals surface area contributed by atoms with Crippen molar-refractivity contribution in [2.45, 2.75) is 66.2 Å². The molecule has 0 aromatic heterocycles. The van der Waals surface area contributed by atoms with Crippen LogP contribution in [0.25, 0.3) is 0 Å². The molecule has 4 heteroatoms. The maximum absolute atomic E-state index is 12.7. The van der Waals surface area contributed by atoms with Crippen LogP contribution in [-0.4, -0.2) is 25.2 Å². The first-order chi connectivity index (χ1) is 9.98. The quantitative estimate of drug-likeness (QED) is 0.531. The zero-order valence-corrected chi connectivity index (χ0v) is 13.9. The van der Waals surface area contributed by atoms with Crippen molar-refractivity contribution < 1.29 is 19.1 Å². The van der Waals surface area contributed by atoms with Gasteiger partial charge in [0.2, 0.25) is 0 Å². The van der Waals surface area contributed by atoms with E-state index >= 15 is 0 Å². The molecule has 1 fully saturated rings. The SMILES string of the molecule is CCOC(=O)C(CC(C)C)(C(=O)OCC)C1CCCCC1. The van der Waals surface area contributed by atoms with Gasteiger partial charge in [0, 0.05) is 0 Å². The molecule has 0 aromatic rings. The zero-order valence-electron chi connectivity index (χ0n) is 13.9. The fraction of sp³-hybridized carbons (Fsp3) is 0.882. The molecule has 122 valence electrons. The summed E-state index contributed by atoms with van der Waals surface area (Å²) in [5.74, 6) is -0.486. The van der Waals surface area contributed by atoms with Gasteiger partial charge in [0.25, 0.3) is 0 Å². The van der Waals surface area contributed by atoms with Gasteiger partial charge in [-0.05, 0) is 44.9 Å². The minimum atomic E-state index is -1.11. The van der Waals surface area contributed by atoms with Crippen LogP contribution in [-0.2, 0) is 19.1 Å². The van der Waals surface area contributed by atoms with Crippen molar-refractivity contribution in [2.24, 2.45) is 17.3 Å². The predicted octanol–water partition coefficient (Wildman–Crippen LogP) is 3.73. The van der Waals surface area contributed by atoms with E-state index in [4.69, 9.17) is 9.47 Å². The Labute approximate surface area is 128 Å². The van der Waals surface area contributed by atoms with Crippen molar-refractivity contribution >= 4 is 11.9 Å². The largest absolute Gasteiger partial charge is 0.465 e. The molecule has 0 heterocycles. The highest BCUT2D eigenvalue weighted by Crippen LogP contribution is 2.45. The van der Waals surface area contributed by atoms with Gasteiger partial charge in [-0.15, -0.1) is 0 Å². The molecule has 0 aromatic carbocycles. The van der Waals surface area contributed by atoms with Crippen molar-refractivity contribution in [2.75, 3.05) is 13.2 Å². The van der Waals surface area contributed by atoms with E-state index in [0.29, 0.717) is 19.6 Å². The summed E-state index contributed by atoms with van der Waals surface area (Å²) in [4.78, 5) is 25.4. The van der Waals surface area contributed by atoms with Gasteiger partial charge in [0.15, 0.2) is 5.41 Å². The molecule has 1 rings (SSSR count). The van der Waals surface area contributed by atoms with Gasteiger partial charge in [-0.2, -0.15) is 0 Å². The van der Waals surface area contributed by atoms with Crippen molar-refractivity contribution in [1.82, 2.24) is 0 Å². The fourth-order valence-corrected chi connectivity index (χ4v) is 3.51. The minimum Gasteiger partial charge on any atom is -0.465 e. The van der Waals surface area contributed by atoms with E-state index < -0.39 is 5.41 Å². The monoisotopic (exact) mass is 298 g/mol. The fourth-order valence-electron chi connectivity index (χ4n) is 3.51. The van der Waals surface area contributed by atoms with E-state index in [1.54, 1.807) is 13.8 Å². The first-order valence-corrected chi connectivity index (χ1v) is 8.33. The molecule has 0 aliphatic heterocycles. The average Bonchev–Trinajstić information content (AvgIpc) is 2.45. The van der Waals surface area contributed by atoms with Crippen LogP contribution in [0.3, 0.4) is 0 Å². The molecule has 1 aliphatic carbocycles. The Bertz CT molecular complexity index is 325. The van der Waals surface area contributed by atoms with Gasteiger partial charge in [-0.1, -0.05) is 33.1 Å². The lowest BCUT2D eigenvalue weighted by Crippen LogP contribution is -2.49. The van der Waals surface area contributed by atoms with Gasteiger partial charge < -0.3 is 9.47 Å². The first-order valence-electron chi connectivity index (χ1n) is 8.33. The van der Waals surface area contributed by atoms with Crippen molar-refractivity contribution in [3.8, 4) is 0 Å². The summed E-state index contributed by atoms with van der Waals surface area (Å²) < 4.78 is 10.6. The van der Waals surface area contributed by atoms with E-state index in [-0.39, 0.29) is 23.8 Å². The molecule has 0 N–H and O–H groups in total. The molecule has 0 saturated heterocycles. The highest BCUT2D eigenvalue weighted by molar-refractivity contribution is 6.00. The second-order valence-electron chi connectivity index (χ2n) is 6.35. The van der Waals surface area contributed by atoms with Crippen LogP contribution in [0.15, 0.2) is 0 Å². The van der Waals surface area contributed by atoms with Crippen LogP contribution >= 0.6 is 0 Å². The lowest BCUT2D eigenvalue weighted by molar-refractivity contribution is -0.180. The third-order valence-corrected chi connectivity index (χ3v) is 4.31. The van der Waals surface area contributed by atoms with E-state index in [9.17, 15) is 9.59 Å². The maximum atomic E-state index is 12.7. The third-order valence-electron chi connectivity index (χ3n) is 4.31. The predicted molar refractivity (Wildman–Crippen MR) is 81.7 cm³/mol. The summed E-state index contributed by atoms with van der Waals surface area (Å²) in [6.07, 6.45) is 5.65.